The van der Waals surface area contributed by atoms with E-state index in [9.17, 15) is 9.18 Å². The number of aliphatic imine (C=N–C) groups is 1. The minimum atomic E-state index is -0.338. The van der Waals surface area contributed by atoms with E-state index in [0.29, 0.717) is 5.56 Å². The molecular formula is C19H20BrFN2OS. The molecule has 0 bridgehead atoms. The lowest BCUT2D eigenvalue weighted by Crippen LogP contribution is -2.36. The maximum absolute atomic E-state index is 13.1. The minimum absolute atomic E-state index is 0. The molecule has 0 aromatic heterocycles. The van der Waals surface area contributed by atoms with Crippen LogP contribution in [0.15, 0.2) is 53.5 Å². The van der Waals surface area contributed by atoms with Crippen LogP contribution in [0.2, 0.25) is 0 Å². The smallest absolute Gasteiger partial charge is 0.182 e. The standard InChI is InChI=1S/C19H19FN2OS.BrH/c1-14-5-2-3-6-17(14)22(19-21-11-4-12-24-19)13-18(23)15-7-9-16(20)10-8-15;/h2-3,5-10H,4,11-13H2,1H3;1H. The summed E-state index contributed by atoms with van der Waals surface area (Å²) < 4.78 is 13.1. The predicted octanol–water partition coefficient (Wildman–Crippen LogP) is 4.89. The molecule has 0 spiro atoms. The molecule has 0 unspecified atom stereocenters. The Morgan fingerprint density at radius 1 is 1.20 bits per heavy atom. The number of carbonyl (C=O) groups excluding carboxylic acids is 1. The van der Waals surface area contributed by atoms with Crippen molar-refractivity contribution in [2.45, 2.75) is 13.3 Å². The summed E-state index contributed by atoms with van der Waals surface area (Å²) in [6.07, 6.45) is 1.06. The van der Waals surface area contributed by atoms with Crippen LogP contribution in [0.3, 0.4) is 0 Å². The first-order valence-electron chi connectivity index (χ1n) is 7.94. The highest BCUT2D eigenvalue weighted by atomic mass is 79.9. The van der Waals surface area contributed by atoms with E-state index in [1.807, 2.05) is 36.1 Å². The highest BCUT2D eigenvalue weighted by Crippen LogP contribution is 2.26. The fraction of sp³-hybridized carbons (Fsp3) is 0.263. The lowest BCUT2D eigenvalue weighted by molar-refractivity contribution is 0.100. The van der Waals surface area contributed by atoms with Crippen LogP contribution in [-0.2, 0) is 0 Å². The average Bonchev–Trinajstić information content (AvgIpc) is 2.61. The van der Waals surface area contributed by atoms with Crippen molar-refractivity contribution < 1.29 is 9.18 Å². The van der Waals surface area contributed by atoms with Gasteiger partial charge in [-0.15, -0.1) is 17.0 Å². The highest BCUT2D eigenvalue weighted by Gasteiger charge is 2.21. The zero-order chi connectivity index (χ0) is 16.9. The fourth-order valence-corrected chi connectivity index (χ4v) is 3.56. The first-order chi connectivity index (χ1) is 11.6. The number of anilines is 1. The number of rotatable bonds is 4. The van der Waals surface area contributed by atoms with E-state index in [1.54, 1.807) is 11.8 Å². The van der Waals surface area contributed by atoms with E-state index in [0.717, 1.165) is 35.1 Å². The molecule has 0 radical (unpaired) electrons. The van der Waals surface area contributed by atoms with E-state index >= 15 is 0 Å². The van der Waals surface area contributed by atoms with E-state index in [2.05, 4.69) is 4.99 Å². The number of amidine groups is 1. The first kappa shape index (κ1) is 19.7. The van der Waals surface area contributed by atoms with Gasteiger partial charge in [-0.25, -0.2) is 4.39 Å². The molecule has 0 amide bonds. The lowest BCUT2D eigenvalue weighted by Gasteiger charge is -2.28. The second kappa shape index (κ2) is 9.15. The maximum atomic E-state index is 13.1. The molecule has 2 aromatic carbocycles. The summed E-state index contributed by atoms with van der Waals surface area (Å²) >= 11 is 1.68. The van der Waals surface area contributed by atoms with Gasteiger partial charge in [-0.1, -0.05) is 30.0 Å². The summed E-state index contributed by atoms with van der Waals surface area (Å²) in [6.45, 7) is 3.01. The topological polar surface area (TPSA) is 32.7 Å². The van der Waals surface area contributed by atoms with Gasteiger partial charge in [0.25, 0.3) is 0 Å². The molecule has 2 aromatic rings. The van der Waals surface area contributed by atoms with E-state index < -0.39 is 0 Å². The Kier molecular flexibility index (Phi) is 7.20. The number of Topliss-reactive ketones (excluding diaryl/α,β-unsaturated/α-hetero) is 1. The monoisotopic (exact) mass is 422 g/mol. The van der Waals surface area contributed by atoms with Crippen molar-refractivity contribution >= 4 is 45.4 Å². The Labute approximate surface area is 162 Å². The number of benzene rings is 2. The Balaban J connectivity index is 0.00000225. The molecule has 3 rings (SSSR count). The van der Waals surface area contributed by atoms with Gasteiger partial charge >= 0.3 is 0 Å². The number of hydrogen-bond acceptors (Lipinski definition) is 4. The van der Waals surface area contributed by atoms with Gasteiger partial charge < -0.3 is 4.90 Å². The fourth-order valence-electron chi connectivity index (χ4n) is 2.60. The third kappa shape index (κ3) is 4.92. The molecule has 1 aliphatic heterocycles. The molecule has 0 aliphatic carbocycles. The van der Waals surface area contributed by atoms with Gasteiger partial charge in [-0.05, 0) is 49.2 Å². The number of ketones is 1. The van der Waals surface area contributed by atoms with Crippen molar-refractivity contribution in [1.29, 1.82) is 0 Å². The number of thioether (sulfide) groups is 1. The molecule has 1 heterocycles. The van der Waals surface area contributed by atoms with Crippen LogP contribution in [-0.4, -0.2) is 29.8 Å². The van der Waals surface area contributed by atoms with Crippen LogP contribution in [0, 0.1) is 12.7 Å². The zero-order valence-corrected chi connectivity index (χ0v) is 16.5. The second-order valence-corrected chi connectivity index (χ2v) is 6.73. The molecule has 1 aliphatic rings. The van der Waals surface area contributed by atoms with Crippen molar-refractivity contribution in [2.24, 2.45) is 4.99 Å². The summed E-state index contributed by atoms with van der Waals surface area (Å²) in [4.78, 5) is 19.2. The van der Waals surface area contributed by atoms with Gasteiger partial charge in [0, 0.05) is 23.5 Å². The lowest BCUT2D eigenvalue weighted by atomic mass is 10.1. The molecular weight excluding hydrogens is 403 g/mol. The van der Waals surface area contributed by atoms with Crippen molar-refractivity contribution in [3.8, 4) is 0 Å². The van der Waals surface area contributed by atoms with Crippen molar-refractivity contribution in [2.75, 3.05) is 23.7 Å². The molecule has 0 saturated carbocycles. The van der Waals surface area contributed by atoms with Gasteiger partial charge in [-0.3, -0.25) is 9.79 Å². The summed E-state index contributed by atoms with van der Waals surface area (Å²) in [5, 5.41) is 0.881. The highest BCUT2D eigenvalue weighted by molar-refractivity contribution is 8.93. The van der Waals surface area contributed by atoms with Gasteiger partial charge in [0.2, 0.25) is 0 Å². The van der Waals surface area contributed by atoms with E-state index in [1.165, 1.54) is 24.3 Å². The van der Waals surface area contributed by atoms with Gasteiger partial charge in [0.05, 0.1) is 6.54 Å². The summed E-state index contributed by atoms with van der Waals surface area (Å²) in [5.74, 6) is 0.619. The van der Waals surface area contributed by atoms with Crippen molar-refractivity contribution in [3.05, 3.63) is 65.5 Å². The van der Waals surface area contributed by atoms with Crippen molar-refractivity contribution in [3.63, 3.8) is 0 Å². The Bertz CT molecular complexity index is 764. The third-order valence-corrected chi connectivity index (χ3v) is 4.99. The van der Waals surface area contributed by atoms with Gasteiger partial charge in [0.1, 0.15) is 5.82 Å². The molecule has 0 N–H and O–H groups in total. The SMILES string of the molecule is Br.Cc1ccccc1N(CC(=O)c1ccc(F)cc1)C1=NCCCS1. The van der Waals surface area contributed by atoms with Gasteiger partial charge in [0.15, 0.2) is 11.0 Å². The molecule has 0 atom stereocenters. The van der Waals surface area contributed by atoms with Crippen LogP contribution < -0.4 is 4.90 Å². The number of hydrogen-bond donors (Lipinski definition) is 0. The predicted molar refractivity (Wildman–Crippen MR) is 109 cm³/mol. The second-order valence-electron chi connectivity index (χ2n) is 5.67. The Morgan fingerprint density at radius 2 is 1.92 bits per heavy atom. The number of halogens is 2. The van der Waals surface area contributed by atoms with Crippen molar-refractivity contribution in [1.82, 2.24) is 0 Å². The summed E-state index contributed by atoms with van der Waals surface area (Å²) in [7, 11) is 0. The maximum Gasteiger partial charge on any atom is 0.182 e. The molecule has 6 heteroatoms. The molecule has 0 saturated heterocycles. The number of nitrogens with zero attached hydrogens (tertiary/aromatic N) is 2. The van der Waals surface area contributed by atoms with Crippen LogP contribution in [0.4, 0.5) is 10.1 Å². The largest absolute Gasteiger partial charge is 0.313 e. The third-order valence-electron chi connectivity index (χ3n) is 3.89. The number of aryl methyl sites for hydroxylation is 1. The summed E-state index contributed by atoms with van der Waals surface area (Å²) in [6, 6.07) is 13.7. The number of carbonyl (C=O) groups is 1. The average molecular weight is 423 g/mol. The van der Waals surface area contributed by atoms with Crippen LogP contribution in [0.1, 0.15) is 22.3 Å². The van der Waals surface area contributed by atoms with Crippen LogP contribution in [0.25, 0.3) is 0 Å². The zero-order valence-electron chi connectivity index (χ0n) is 13.9. The van der Waals surface area contributed by atoms with E-state index in [-0.39, 0.29) is 35.1 Å². The number of para-hydroxylation sites is 1. The first-order valence-corrected chi connectivity index (χ1v) is 8.93. The molecule has 0 fully saturated rings. The normalized spacial score (nSPS) is 13.6. The molecule has 132 valence electrons. The van der Waals surface area contributed by atoms with E-state index in [4.69, 9.17) is 0 Å². The molecule has 3 nitrogen and oxygen atoms in total. The summed E-state index contributed by atoms with van der Waals surface area (Å²) in [5.41, 5.74) is 2.59. The Hall–Kier alpha value is -1.66. The van der Waals surface area contributed by atoms with Crippen LogP contribution in [0.5, 0.6) is 0 Å². The Morgan fingerprint density at radius 3 is 2.56 bits per heavy atom. The van der Waals surface area contributed by atoms with Crippen LogP contribution >= 0.6 is 28.7 Å². The minimum Gasteiger partial charge on any atom is -0.313 e. The quantitative estimate of drug-likeness (QED) is 0.657. The van der Waals surface area contributed by atoms with Gasteiger partial charge in [-0.2, -0.15) is 0 Å². The molecule has 25 heavy (non-hydrogen) atoms.